The Kier molecular flexibility index (Phi) is 4.58. The number of hydrogen-bond acceptors (Lipinski definition) is 2. The van der Waals surface area contributed by atoms with Crippen LogP contribution < -0.4 is 5.32 Å². The summed E-state index contributed by atoms with van der Waals surface area (Å²) in [6, 6.07) is 7.47. The minimum atomic E-state index is -0.552. The summed E-state index contributed by atoms with van der Waals surface area (Å²) in [5.74, 6) is -1.10. The van der Waals surface area contributed by atoms with Crippen molar-refractivity contribution in [1.82, 2.24) is 10.3 Å². The third kappa shape index (κ3) is 3.83. The van der Waals surface area contributed by atoms with E-state index < -0.39 is 11.6 Å². The Morgan fingerprint density at radius 3 is 2.53 bits per heavy atom. The molecule has 0 amide bonds. The first-order valence-corrected chi connectivity index (χ1v) is 6.27. The summed E-state index contributed by atoms with van der Waals surface area (Å²) in [4.78, 5) is 4.31. The fourth-order valence-electron chi connectivity index (χ4n) is 1.99. The largest absolute Gasteiger partial charge is 0.307 e. The van der Waals surface area contributed by atoms with E-state index in [1.165, 1.54) is 17.7 Å². The van der Waals surface area contributed by atoms with Gasteiger partial charge in [0.05, 0.1) is 5.69 Å². The van der Waals surface area contributed by atoms with Crippen LogP contribution in [0.5, 0.6) is 0 Å². The van der Waals surface area contributed by atoms with Crippen molar-refractivity contribution in [3.05, 3.63) is 65.0 Å². The van der Waals surface area contributed by atoms with Gasteiger partial charge < -0.3 is 5.32 Å². The van der Waals surface area contributed by atoms with Crippen LogP contribution in [0, 0.1) is 11.6 Å². The van der Waals surface area contributed by atoms with Crippen LogP contribution >= 0.6 is 0 Å². The number of halogens is 2. The normalized spacial score (nSPS) is 10.7. The first-order chi connectivity index (χ1) is 9.19. The minimum Gasteiger partial charge on any atom is -0.307 e. The van der Waals surface area contributed by atoms with Crippen molar-refractivity contribution < 1.29 is 8.78 Å². The van der Waals surface area contributed by atoms with E-state index in [1.54, 1.807) is 6.20 Å². The molecule has 0 saturated carbocycles. The summed E-state index contributed by atoms with van der Waals surface area (Å²) in [6.07, 6.45) is 2.66. The molecule has 0 aliphatic heterocycles. The number of hydrogen-bond donors (Lipinski definition) is 1. The van der Waals surface area contributed by atoms with Crippen LogP contribution in [0.3, 0.4) is 0 Å². The van der Waals surface area contributed by atoms with Crippen molar-refractivity contribution in [2.75, 3.05) is 0 Å². The van der Waals surface area contributed by atoms with Crippen LogP contribution in [-0.2, 0) is 19.5 Å². The molecule has 0 fully saturated rings. The summed E-state index contributed by atoms with van der Waals surface area (Å²) in [5.41, 5.74) is 2.74. The lowest BCUT2D eigenvalue weighted by molar-refractivity contribution is 0.574. The lowest BCUT2D eigenvalue weighted by Crippen LogP contribution is -2.15. The molecule has 0 radical (unpaired) electrons. The lowest BCUT2D eigenvalue weighted by Gasteiger charge is -2.08. The molecule has 0 atom stereocenters. The van der Waals surface area contributed by atoms with E-state index in [-0.39, 0.29) is 0 Å². The van der Waals surface area contributed by atoms with Crippen molar-refractivity contribution in [3.8, 4) is 0 Å². The average molecular weight is 262 g/mol. The van der Waals surface area contributed by atoms with E-state index in [4.69, 9.17) is 0 Å². The van der Waals surface area contributed by atoms with Gasteiger partial charge in [0.25, 0.3) is 0 Å². The van der Waals surface area contributed by atoms with Gasteiger partial charge >= 0.3 is 0 Å². The summed E-state index contributed by atoms with van der Waals surface area (Å²) >= 11 is 0. The lowest BCUT2D eigenvalue weighted by atomic mass is 10.1. The van der Waals surface area contributed by atoms with Crippen LogP contribution in [0.2, 0.25) is 0 Å². The van der Waals surface area contributed by atoms with Crippen molar-refractivity contribution >= 4 is 0 Å². The van der Waals surface area contributed by atoms with Crippen molar-refractivity contribution in [2.24, 2.45) is 0 Å². The molecule has 0 saturated heterocycles. The van der Waals surface area contributed by atoms with Gasteiger partial charge in [-0.25, -0.2) is 8.78 Å². The fraction of sp³-hybridized carbons (Fsp3) is 0.267. The Hall–Kier alpha value is -1.81. The van der Waals surface area contributed by atoms with Crippen LogP contribution in [0.1, 0.15) is 23.7 Å². The number of nitrogens with one attached hydrogen (secondary N) is 1. The minimum absolute atomic E-state index is 0.411. The quantitative estimate of drug-likeness (QED) is 0.895. The fourth-order valence-corrected chi connectivity index (χ4v) is 1.99. The Bertz CT molecular complexity index is 535. The van der Waals surface area contributed by atoms with E-state index in [0.29, 0.717) is 18.7 Å². The molecule has 0 spiro atoms. The maximum atomic E-state index is 13.0. The van der Waals surface area contributed by atoms with Crippen LogP contribution in [0.25, 0.3) is 0 Å². The maximum absolute atomic E-state index is 13.0. The molecule has 1 N–H and O–H groups in total. The topological polar surface area (TPSA) is 24.9 Å². The zero-order valence-electron chi connectivity index (χ0n) is 10.8. The molecule has 2 nitrogen and oxygen atoms in total. The number of pyridine rings is 1. The molecule has 100 valence electrons. The predicted octanol–water partition coefficient (Wildman–Crippen LogP) is 3.21. The summed E-state index contributed by atoms with van der Waals surface area (Å²) in [5, 5.41) is 3.15. The van der Waals surface area contributed by atoms with Gasteiger partial charge in [0.2, 0.25) is 0 Å². The van der Waals surface area contributed by atoms with Gasteiger partial charge in [-0.05, 0) is 35.7 Å². The van der Waals surface area contributed by atoms with Crippen LogP contribution in [0.4, 0.5) is 8.78 Å². The molecule has 0 aliphatic rings. The van der Waals surface area contributed by atoms with Crippen molar-refractivity contribution in [3.63, 3.8) is 0 Å². The highest BCUT2D eigenvalue weighted by Gasteiger charge is 2.03. The molecule has 1 aromatic carbocycles. The molecule has 0 unspecified atom stereocenters. The number of nitrogens with zero attached hydrogens (tertiary/aromatic N) is 1. The van der Waals surface area contributed by atoms with E-state index >= 15 is 0 Å². The second kappa shape index (κ2) is 6.38. The molecule has 2 aromatic rings. The van der Waals surface area contributed by atoms with Crippen LogP contribution in [-0.4, -0.2) is 4.98 Å². The van der Waals surface area contributed by atoms with Crippen LogP contribution in [0.15, 0.2) is 36.5 Å². The monoisotopic (exact) mass is 262 g/mol. The summed E-state index contributed by atoms with van der Waals surface area (Å²) in [6.45, 7) is 3.07. The highest BCUT2D eigenvalue weighted by Crippen LogP contribution is 2.09. The standard InChI is InChI=1S/C15H16F2N2/c1-2-12-4-3-5-19-15(12)10-18-9-11-6-13(16)8-14(17)7-11/h3-8,18H,2,9-10H2,1H3. The molecular weight excluding hydrogens is 246 g/mol. The van der Waals surface area contributed by atoms with Gasteiger partial charge in [-0.15, -0.1) is 0 Å². The first-order valence-electron chi connectivity index (χ1n) is 6.27. The third-order valence-corrected chi connectivity index (χ3v) is 2.91. The number of rotatable bonds is 5. The number of benzene rings is 1. The van der Waals surface area contributed by atoms with E-state index in [0.717, 1.165) is 18.2 Å². The molecule has 4 heteroatoms. The number of aryl methyl sites for hydroxylation is 1. The highest BCUT2D eigenvalue weighted by atomic mass is 19.1. The molecule has 2 rings (SSSR count). The predicted molar refractivity (Wildman–Crippen MR) is 70.5 cm³/mol. The van der Waals surface area contributed by atoms with Gasteiger partial charge in [-0.3, -0.25) is 4.98 Å². The Balaban J connectivity index is 1.96. The van der Waals surface area contributed by atoms with E-state index in [9.17, 15) is 8.78 Å². The van der Waals surface area contributed by atoms with Crippen molar-refractivity contribution in [1.29, 1.82) is 0 Å². The number of aromatic nitrogens is 1. The molecule has 19 heavy (non-hydrogen) atoms. The van der Waals surface area contributed by atoms with Gasteiger partial charge in [0.1, 0.15) is 11.6 Å². The van der Waals surface area contributed by atoms with Gasteiger partial charge in [0.15, 0.2) is 0 Å². The van der Waals surface area contributed by atoms with Crippen molar-refractivity contribution in [2.45, 2.75) is 26.4 Å². The molecule has 0 aliphatic carbocycles. The zero-order chi connectivity index (χ0) is 13.7. The smallest absolute Gasteiger partial charge is 0.126 e. The van der Waals surface area contributed by atoms with E-state index in [1.807, 2.05) is 12.1 Å². The summed E-state index contributed by atoms with van der Waals surface area (Å²) < 4.78 is 26.0. The van der Waals surface area contributed by atoms with E-state index in [2.05, 4.69) is 17.2 Å². The Morgan fingerprint density at radius 2 is 1.84 bits per heavy atom. The van der Waals surface area contributed by atoms with Gasteiger partial charge in [-0.1, -0.05) is 13.0 Å². The SMILES string of the molecule is CCc1cccnc1CNCc1cc(F)cc(F)c1. The third-order valence-electron chi connectivity index (χ3n) is 2.91. The molecule has 0 bridgehead atoms. The Morgan fingerprint density at radius 1 is 1.11 bits per heavy atom. The van der Waals surface area contributed by atoms with Gasteiger partial charge in [-0.2, -0.15) is 0 Å². The average Bonchev–Trinajstić information content (AvgIpc) is 2.38. The second-order valence-electron chi connectivity index (χ2n) is 4.34. The molecular formula is C15H16F2N2. The molecule has 1 heterocycles. The summed E-state index contributed by atoms with van der Waals surface area (Å²) in [7, 11) is 0. The highest BCUT2D eigenvalue weighted by molar-refractivity contribution is 5.20. The van der Waals surface area contributed by atoms with Gasteiger partial charge in [0, 0.05) is 25.4 Å². The second-order valence-corrected chi connectivity index (χ2v) is 4.34. The Labute approximate surface area is 111 Å². The zero-order valence-corrected chi connectivity index (χ0v) is 10.8. The maximum Gasteiger partial charge on any atom is 0.126 e. The molecule has 1 aromatic heterocycles. The first kappa shape index (κ1) is 13.6.